The van der Waals surface area contributed by atoms with Crippen LogP contribution in [-0.2, 0) is 16.5 Å². The van der Waals surface area contributed by atoms with Gasteiger partial charge in [0.2, 0.25) is 0 Å². The summed E-state index contributed by atoms with van der Waals surface area (Å²) in [6.45, 7) is 6.21. The minimum Gasteiger partial charge on any atom is -0.313 e. The Bertz CT molecular complexity index is 1080. The van der Waals surface area contributed by atoms with Crippen molar-refractivity contribution >= 4 is 37.1 Å². The summed E-state index contributed by atoms with van der Waals surface area (Å²) in [6.07, 6.45) is 4.62. The summed E-state index contributed by atoms with van der Waals surface area (Å²) in [4.78, 5) is -0.0666. The van der Waals surface area contributed by atoms with E-state index in [0.717, 1.165) is 31.5 Å². The van der Waals surface area contributed by atoms with E-state index in [1.54, 1.807) is 12.1 Å². The van der Waals surface area contributed by atoms with E-state index in [9.17, 15) is 8.42 Å². The monoisotopic (exact) mass is 415 g/mol. The van der Waals surface area contributed by atoms with Gasteiger partial charge in [0.25, 0.3) is 10.1 Å². The molecule has 4 rings (SSSR count). The zero-order valence-electron chi connectivity index (χ0n) is 16.1. The van der Waals surface area contributed by atoms with Gasteiger partial charge in [-0.3, -0.25) is 4.55 Å². The van der Waals surface area contributed by atoms with Crippen LogP contribution in [0, 0.1) is 6.92 Å². The molecule has 0 unspecified atom stereocenters. The highest BCUT2D eigenvalue weighted by Gasteiger charge is 2.13. The summed E-state index contributed by atoms with van der Waals surface area (Å²) in [5.41, 5.74) is 5.44. The molecule has 0 saturated heterocycles. The third-order valence-corrected chi connectivity index (χ3v) is 6.61. The summed E-state index contributed by atoms with van der Waals surface area (Å²) in [5.74, 6) is 0. The van der Waals surface area contributed by atoms with Gasteiger partial charge in [-0.1, -0.05) is 42.8 Å². The van der Waals surface area contributed by atoms with E-state index in [-0.39, 0.29) is 4.90 Å². The molecule has 0 bridgehead atoms. The Morgan fingerprint density at radius 3 is 2.50 bits per heavy atom. The maximum atomic E-state index is 10.5. The third kappa shape index (κ3) is 4.89. The molecule has 0 atom stereocenters. The van der Waals surface area contributed by atoms with Crippen LogP contribution in [0.1, 0.15) is 30.0 Å². The van der Waals surface area contributed by atoms with Crippen molar-refractivity contribution in [1.82, 2.24) is 5.32 Å². The number of hydrogen-bond acceptors (Lipinski definition) is 4. The molecule has 0 radical (unpaired) electrons. The third-order valence-electron chi connectivity index (χ3n) is 4.80. The van der Waals surface area contributed by atoms with Crippen LogP contribution in [0.5, 0.6) is 0 Å². The van der Waals surface area contributed by atoms with Crippen molar-refractivity contribution in [2.24, 2.45) is 0 Å². The van der Waals surface area contributed by atoms with Gasteiger partial charge in [0.15, 0.2) is 0 Å². The summed E-state index contributed by atoms with van der Waals surface area (Å²) in [7, 11) is -4.02. The van der Waals surface area contributed by atoms with E-state index in [0.29, 0.717) is 0 Å². The number of benzene rings is 2. The van der Waals surface area contributed by atoms with Gasteiger partial charge in [-0.25, -0.2) is 0 Å². The van der Waals surface area contributed by atoms with Gasteiger partial charge in [-0.15, -0.1) is 11.3 Å². The minimum atomic E-state index is -4.02. The van der Waals surface area contributed by atoms with E-state index in [2.05, 4.69) is 41.9 Å². The van der Waals surface area contributed by atoms with E-state index in [1.807, 2.05) is 18.3 Å². The molecule has 2 aromatic carbocycles. The zero-order valence-corrected chi connectivity index (χ0v) is 17.7. The number of hydrogen-bond donors (Lipinski definition) is 2. The molecule has 0 saturated carbocycles. The SMILES string of the molecule is CCc1cccc2scc(C3=CCNCC3)c12.Cc1ccc(S(=O)(=O)O)cc1. The second kappa shape index (κ2) is 9.01. The summed E-state index contributed by atoms with van der Waals surface area (Å²) >= 11 is 1.88. The summed E-state index contributed by atoms with van der Waals surface area (Å²) < 4.78 is 31.0. The molecule has 0 amide bonds. The molecule has 148 valence electrons. The number of rotatable bonds is 3. The lowest BCUT2D eigenvalue weighted by Crippen LogP contribution is -2.19. The van der Waals surface area contributed by atoms with Gasteiger partial charge in [0.1, 0.15) is 0 Å². The van der Waals surface area contributed by atoms with Crippen LogP contribution < -0.4 is 5.32 Å². The molecule has 2 N–H and O–H groups in total. The van der Waals surface area contributed by atoms with Crippen LogP contribution in [0.2, 0.25) is 0 Å². The van der Waals surface area contributed by atoms with Crippen molar-refractivity contribution in [3.63, 3.8) is 0 Å². The maximum Gasteiger partial charge on any atom is 0.294 e. The van der Waals surface area contributed by atoms with Crippen LogP contribution in [0.3, 0.4) is 0 Å². The average molecular weight is 416 g/mol. The Morgan fingerprint density at radius 1 is 1.14 bits per heavy atom. The molecule has 1 aliphatic rings. The van der Waals surface area contributed by atoms with Gasteiger partial charge < -0.3 is 5.32 Å². The van der Waals surface area contributed by atoms with Crippen LogP contribution in [0.25, 0.3) is 15.7 Å². The predicted octanol–water partition coefficient (Wildman–Crippen LogP) is 5.08. The second-order valence-electron chi connectivity index (χ2n) is 6.76. The van der Waals surface area contributed by atoms with Crippen molar-refractivity contribution in [2.75, 3.05) is 13.1 Å². The molecule has 0 aliphatic carbocycles. The number of fused-ring (bicyclic) bond motifs is 1. The molecule has 6 heteroatoms. The van der Waals surface area contributed by atoms with E-state index < -0.39 is 10.1 Å². The van der Waals surface area contributed by atoms with Crippen LogP contribution in [0.15, 0.2) is 58.8 Å². The van der Waals surface area contributed by atoms with E-state index in [1.165, 1.54) is 38.9 Å². The first kappa shape index (κ1) is 20.7. The molecule has 1 aromatic heterocycles. The van der Waals surface area contributed by atoms with Crippen LogP contribution >= 0.6 is 11.3 Å². The van der Waals surface area contributed by atoms with Crippen molar-refractivity contribution in [2.45, 2.75) is 31.6 Å². The van der Waals surface area contributed by atoms with Gasteiger partial charge in [-0.05, 0) is 66.6 Å². The van der Waals surface area contributed by atoms with Crippen molar-refractivity contribution < 1.29 is 13.0 Å². The molecule has 0 fully saturated rings. The van der Waals surface area contributed by atoms with Crippen molar-refractivity contribution in [3.8, 4) is 0 Å². The molecule has 2 heterocycles. The highest BCUT2D eigenvalue weighted by atomic mass is 32.2. The zero-order chi connectivity index (χ0) is 20.1. The number of nitrogens with one attached hydrogen (secondary N) is 1. The first-order valence-corrected chi connectivity index (χ1v) is 11.7. The highest BCUT2D eigenvalue weighted by molar-refractivity contribution is 7.85. The lowest BCUT2D eigenvalue weighted by atomic mass is 9.96. The molecule has 3 aromatic rings. The number of aryl methyl sites for hydroxylation is 2. The fourth-order valence-corrected chi connectivity index (χ4v) is 4.78. The Balaban J connectivity index is 0.000000178. The first-order chi connectivity index (χ1) is 13.4. The standard InChI is InChI=1S/C15H17NS.C7H8O3S/c1-2-11-4-3-5-14-15(11)13(10-17-14)12-6-8-16-9-7-12;1-6-2-4-7(5-3-6)11(8,9)10/h3-6,10,16H,2,7-9H2,1H3;2-5H,1H3,(H,8,9,10). The maximum absolute atomic E-state index is 10.5. The fourth-order valence-electron chi connectivity index (χ4n) is 3.27. The van der Waals surface area contributed by atoms with Crippen LogP contribution in [-0.4, -0.2) is 26.1 Å². The highest BCUT2D eigenvalue weighted by Crippen LogP contribution is 2.35. The lowest BCUT2D eigenvalue weighted by Gasteiger charge is -2.14. The topological polar surface area (TPSA) is 66.4 Å². The fraction of sp³-hybridized carbons (Fsp3) is 0.273. The Kier molecular flexibility index (Phi) is 6.67. The van der Waals surface area contributed by atoms with Crippen molar-refractivity contribution in [1.29, 1.82) is 0 Å². The molecule has 1 aliphatic heterocycles. The van der Waals surface area contributed by atoms with Gasteiger partial charge in [0.05, 0.1) is 4.90 Å². The quantitative estimate of drug-likeness (QED) is 0.585. The lowest BCUT2D eigenvalue weighted by molar-refractivity contribution is 0.483. The van der Waals surface area contributed by atoms with Gasteiger partial charge in [-0.2, -0.15) is 8.42 Å². The van der Waals surface area contributed by atoms with Gasteiger partial charge >= 0.3 is 0 Å². The van der Waals surface area contributed by atoms with Gasteiger partial charge in [0, 0.05) is 16.6 Å². The normalized spacial score (nSPS) is 14.3. The molecule has 28 heavy (non-hydrogen) atoms. The summed E-state index contributed by atoms with van der Waals surface area (Å²) in [5, 5.41) is 7.21. The minimum absolute atomic E-state index is 0.0666. The predicted molar refractivity (Wildman–Crippen MR) is 118 cm³/mol. The summed E-state index contributed by atoms with van der Waals surface area (Å²) in [6, 6.07) is 12.7. The van der Waals surface area contributed by atoms with Crippen LogP contribution in [0.4, 0.5) is 0 Å². The Morgan fingerprint density at radius 2 is 1.89 bits per heavy atom. The Hall–Kier alpha value is -1.99. The largest absolute Gasteiger partial charge is 0.313 e. The second-order valence-corrected chi connectivity index (χ2v) is 9.10. The first-order valence-electron chi connectivity index (χ1n) is 9.33. The molecular weight excluding hydrogens is 390 g/mol. The average Bonchev–Trinajstić information content (AvgIpc) is 3.13. The van der Waals surface area contributed by atoms with Crippen molar-refractivity contribution in [3.05, 3.63) is 70.6 Å². The van der Waals surface area contributed by atoms with E-state index in [4.69, 9.17) is 4.55 Å². The van der Waals surface area contributed by atoms with E-state index >= 15 is 0 Å². The molecule has 4 nitrogen and oxygen atoms in total. The Labute approximate surface area is 170 Å². The molecule has 0 spiro atoms. The number of thiophene rings is 1. The smallest absolute Gasteiger partial charge is 0.294 e. The molecular formula is C22H25NO3S2.